The average molecular weight is 328 g/mol. The number of ether oxygens (including phenoxy) is 1. The van der Waals surface area contributed by atoms with Gasteiger partial charge in [-0.15, -0.1) is 0 Å². The van der Waals surface area contributed by atoms with Crippen molar-refractivity contribution in [2.24, 2.45) is 5.10 Å². The van der Waals surface area contributed by atoms with Crippen LogP contribution in [0.3, 0.4) is 0 Å². The SMILES string of the molecule is CCOC(=O)c1c(C)[nH]c(C(C)=NNC(=O)c2ccncc2)c1C. The predicted molar refractivity (Wildman–Crippen MR) is 90.1 cm³/mol. The van der Waals surface area contributed by atoms with E-state index in [1.54, 1.807) is 32.9 Å². The van der Waals surface area contributed by atoms with Crippen LogP contribution in [-0.4, -0.2) is 34.2 Å². The summed E-state index contributed by atoms with van der Waals surface area (Å²) < 4.78 is 5.06. The molecule has 0 saturated heterocycles. The number of amides is 1. The highest BCUT2D eigenvalue weighted by Crippen LogP contribution is 2.19. The number of aromatic nitrogens is 2. The van der Waals surface area contributed by atoms with Crippen LogP contribution in [0.15, 0.2) is 29.6 Å². The molecular formula is C17H20N4O3. The van der Waals surface area contributed by atoms with E-state index in [4.69, 9.17) is 4.74 Å². The van der Waals surface area contributed by atoms with Gasteiger partial charge in [0.1, 0.15) is 0 Å². The fraction of sp³-hybridized carbons (Fsp3) is 0.294. The molecule has 2 heterocycles. The topological polar surface area (TPSA) is 96.4 Å². The predicted octanol–water partition coefficient (Wildman–Crippen LogP) is 2.36. The van der Waals surface area contributed by atoms with E-state index in [-0.39, 0.29) is 11.9 Å². The summed E-state index contributed by atoms with van der Waals surface area (Å²) >= 11 is 0. The van der Waals surface area contributed by atoms with Crippen LogP contribution in [0.2, 0.25) is 0 Å². The molecule has 126 valence electrons. The quantitative estimate of drug-likeness (QED) is 0.500. The van der Waals surface area contributed by atoms with Gasteiger partial charge in [-0.05, 0) is 45.4 Å². The molecule has 2 N–H and O–H groups in total. The van der Waals surface area contributed by atoms with Crippen LogP contribution in [0.5, 0.6) is 0 Å². The van der Waals surface area contributed by atoms with Crippen LogP contribution < -0.4 is 5.43 Å². The Morgan fingerprint density at radius 2 is 1.96 bits per heavy atom. The minimum Gasteiger partial charge on any atom is -0.462 e. The second-order valence-corrected chi connectivity index (χ2v) is 5.22. The van der Waals surface area contributed by atoms with Crippen LogP contribution in [0.25, 0.3) is 0 Å². The summed E-state index contributed by atoms with van der Waals surface area (Å²) in [6, 6.07) is 3.20. The molecule has 2 aromatic heterocycles. The van der Waals surface area contributed by atoms with Gasteiger partial charge in [-0.25, -0.2) is 10.2 Å². The van der Waals surface area contributed by atoms with Crippen LogP contribution in [0, 0.1) is 13.8 Å². The maximum absolute atomic E-state index is 12.0. The van der Waals surface area contributed by atoms with E-state index < -0.39 is 0 Å². The minimum atomic E-state index is -0.372. The number of pyridine rings is 1. The van der Waals surface area contributed by atoms with Crippen LogP contribution in [0.4, 0.5) is 0 Å². The molecule has 0 aliphatic rings. The van der Waals surface area contributed by atoms with Crippen molar-refractivity contribution in [3.63, 3.8) is 0 Å². The molecule has 0 atom stereocenters. The first-order valence-corrected chi connectivity index (χ1v) is 7.57. The fourth-order valence-electron chi connectivity index (χ4n) is 2.38. The van der Waals surface area contributed by atoms with Gasteiger partial charge in [0.05, 0.1) is 23.6 Å². The Morgan fingerprint density at radius 3 is 2.58 bits per heavy atom. The second kappa shape index (κ2) is 7.54. The number of nitrogens with one attached hydrogen (secondary N) is 2. The molecule has 0 aliphatic carbocycles. The van der Waals surface area contributed by atoms with Crippen LogP contribution in [0.1, 0.15) is 51.5 Å². The smallest absolute Gasteiger partial charge is 0.340 e. The molecule has 2 aromatic rings. The summed E-state index contributed by atoms with van der Waals surface area (Å²) in [7, 11) is 0. The van der Waals surface area contributed by atoms with Crippen molar-refractivity contribution >= 4 is 17.6 Å². The van der Waals surface area contributed by atoms with Crippen molar-refractivity contribution in [1.82, 2.24) is 15.4 Å². The molecular weight excluding hydrogens is 308 g/mol. The zero-order valence-corrected chi connectivity index (χ0v) is 14.1. The van der Waals surface area contributed by atoms with Gasteiger partial charge in [-0.1, -0.05) is 0 Å². The molecule has 7 heteroatoms. The summed E-state index contributed by atoms with van der Waals surface area (Å²) in [5.74, 6) is -0.702. The van der Waals surface area contributed by atoms with Gasteiger partial charge in [-0.2, -0.15) is 5.10 Å². The Balaban J connectivity index is 2.21. The summed E-state index contributed by atoms with van der Waals surface area (Å²) in [6.45, 7) is 7.44. The summed E-state index contributed by atoms with van der Waals surface area (Å²) in [6.07, 6.45) is 3.07. The Hall–Kier alpha value is -2.96. The number of esters is 1. The number of hydrogen-bond donors (Lipinski definition) is 2. The van der Waals surface area contributed by atoms with Gasteiger partial charge in [0.25, 0.3) is 5.91 Å². The Morgan fingerprint density at radius 1 is 1.29 bits per heavy atom. The zero-order chi connectivity index (χ0) is 17.7. The Labute approximate surface area is 140 Å². The third kappa shape index (κ3) is 3.68. The van der Waals surface area contributed by atoms with Gasteiger partial charge >= 0.3 is 5.97 Å². The third-order valence-corrected chi connectivity index (χ3v) is 3.55. The maximum atomic E-state index is 12.0. The van der Waals surface area contributed by atoms with E-state index in [9.17, 15) is 9.59 Å². The van der Waals surface area contributed by atoms with Gasteiger partial charge in [0.2, 0.25) is 0 Å². The number of aryl methyl sites for hydroxylation is 1. The van der Waals surface area contributed by atoms with Crippen molar-refractivity contribution in [2.75, 3.05) is 6.61 Å². The number of hydrazone groups is 1. The number of carbonyl (C=O) groups is 2. The second-order valence-electron chi connectivity index (χ2n) is 5.22. The molecule has 2 rings (SSSR count). The van der Waals surface area contributed by atoms with Crippen LogP contribution >= 0.6 is 0 Å². The molecule has 0 radical (unpaired) electrons. The van der Waals surface area contributed by atoms with Crippen LogP contribution in [-0.2, 0) is 4.74 Å². The zero-order valence-electron chi connectivity index (χ0n) is 14.1. The maximum Gasteiger partial charge on any atom is 0.340 e. The van der Waals surface area contributed by atoms with Crippen molar-refractivity contribution in [1.29, 1.82) is 0 Å². The van der Waals surface area contributed by atoms with E-state index in [2.05, 4.69) is 20.5 Å². The molecule has 0 unspecified atom stereocenters. The van der Waals surface area contributed by atoms with E-state index in [1.165, 1.54) is 12.4 Å². The van der Waals surface area contributed by atoms with Gasteiger partial charge in [0, 0.05) is 23.7 Å². The molecule has 0 fully saturated rings. The molecule has 0 bridgehead atoms. The van der Waals surface area contributed by atoms with E-state index in [1.807, 2.05) is 6.92 Å². The van der Waals surface area contributed by atoms with E-state index in [0.29, 0.717) is 34.8 Å². The lowest BCUT2D eigenvalue weighted by atomic mass is 10.1. The van der Waals surface area contributed by atoms with Crippen molar-refractivity contribution in [2.45, 2.75) is 27.7 Å². The number of nitrogens with zero attached hydrogens (tertiary/aromatic N) is 2. The first kappa shape index (κ1) is 17.4. The number of H-pyrrole nitrogens is 1. The molecule has 1 amide bonds. The molecule has 0 aromatic carbocycles. The summed E-state index contributed by atoms with van der Waals surface area (Å²) in [4.78, 5) is 31.0. The molecule has 7 nitrogen and oxygen atoms in total. The molecule has 0 aliphatic heterocycles. The fourth-order valence-corrected chi connectivity index (χ4v) is 2.38. The monoisotopic (exact) mass is 328 g/mol. The summed E-state index contributed by atoms with van der Waals surface area (Å²) in [5, 5.41) is 4.10. The van der Waals surface area contributed by atoms with E-state index >= 15 is 0 Å². The Kier molecular flexibility index (Phi) is 5.47. The standard InChI is InChI=1S/C17H20N4O3/c1-5-24-17(23)14-10(2)15(19-11(14)3)12(4)20-21-16(22)13-6-8-18-9-7-13/h6-9,19H,5H2,1-4H3,(H,21,22). The van der Waals surface area contributed by atoms with Gasteiger partial charge in [0.15, 0.2) is 0 Å². The lowest BCUT2D eigenvalue weighted by Crippen LogP contribution is -2.19. The largest absolute Gasteiger partial charge is 0.462 e. The third-order valence-electron chi connectivity index (χ3n) is 3.55. The van der Waals surface area contributed by atoms with Gasteiger partial charge < -0.3 is 9.72 Å². The van der Waals surface area contributed by atoms with Gasteiger partial charge in [-0.3, -0.25) is 9.78 Å². The average Bonchev–Trinajstić information content (AvgIpc) is 2.88. The lowest BCUT2D eigenvalue weighted by Gasteiger charge is -2.04. The summed E-state index contributed by atoms with van der Waals surface area (Å²) in [5.41, 5.74) is 6.16. The lowest BCUT2D eigenvalue weighted by molar-refractivity contribution is 0.0525. The Bertz CT molecular complexity index is 779. The molecule has 0 spiro atoms. The molecule has 0 saturated carbocycles. The highest BCUT2D eigenvalue weighted by molar-refractivity contribution is 6.04. The number of carbonyl (C=O) groups excluding carboxylic acids is 2. The van der Waals surface area contributed by atoms with Crippen molar-refractivity contribution < 1.29 is 14.3 Å². The highest BCUT2D eigenvalue weighted by atomic mass is 16.5. The normalized spacial score (nSPS) is 11.2. The van der Waals surface area contributed by atoms with E-state index in [0.717, 1.165) is 5.56 Å². The van der Waals surface area contributed by atoms with Crippen molar-refractivity contribution in [3.05, 3.63) is 52.6 Å². The van der Waals surface area contributed by atoms with Crippen molar-refractivity contribution in [3.8, 4) is 0 Å². The highest BCUT2D eigenvalue weighted by Gasteiger charge is 2.20. The first-order valence-electron chi connectivity index (χ1n) is 7.57. The number of hydrogen-bond acceptors (Lipinski definition) is 5. The first-order chi connectivity index (χ1) is 11.5. The molecule has 24 heavy (non-hydrogen) atoms. The number of rotatable bonds is 5. The number of aromatic amines is 1. The minimum absolute atomic E-state index is 0.313.